The van der Waals surface area contributed by atoms with Crippen LogP contribution >= 0.6 is 0 Å². The van der Waals surface area contributed by atoms with Crippen LogP contribution in [-0.4, -0.2) is 6.71 Å². The molecule has 0 amide bonds. The van der Waals surface area contributed by atoms with Gasteiger partial charge in [0.15, 0.2) is 0 Å². The fourth-order valence-corrected chi connectivity index (χ4v) is 3.29. The van der Waals surface area contributed by atoms with Gasteiger partial charge >= 0.3 is 0 Å². The zero-order valence-corrected chi connectivity index (χ0v) is 15.5. The van der Waals surface area contributed by atoms with Crippen LogP contribution in [0.15, 0.2) is 113 Å². The Hall–Kier alpha value is -3.60. The molecular weight excluding hydrogens is 365 g/mol. The van der Waals surface area contributed by atoms with Gasteiger partial charge in [0.05, 0.1) is 11.4 Å². The van der Waals surface area contributed by atoms with Gasteiger partial charge in [0.1, 0.15) is 11.6 Å². The molecule has 5 heteroatoms. The van der Waals surface area contributed by atoms with E-state index in [1.807, 2.05) is 54.6 Å². The van der Waals surface area contributed by atoms with Crippen molar-refractivity contribution >= 4 is 34.5 Å². The molecule has 0 spiro atoms. The third-order valence-electron chi connectivity index (χ3n) is 4.68. The van der Waals surface area contributed by atoms with Crippen LogP contribution in [0.5, 0.6) is 0 Å². The molecule has 0 aliphatic carbocycles. The number of benzene rings is 4. The molecule has 0 N–H and O–H groups in total. The van der Waals surface area contributed by atoms with Crippen LogP contribution in [0.25, 0.3) is 0 Å². The predicted molar refractivity (Wildman–Crippen MR) is 115 cm³/mol. The molecule has 0 fully saturated rings. The van der Waals surface area contributed by atoms with Crippen molar-refractivity contribution in [2.75, 3.05) is 0 Å². The van der Waals surface area contributed by atoms with Gasteiger partial charge in [-0.2, -0.15) is 10.2 Å². The monoisotopic (exact) mass is 382 g/mol. The maximum Gasteiger partial charge on any atom is 0.244 e. The van der Waals surface area contributed by atoms with Gasteiger partial charge < -0.3 is 0 Å². The molecule has 0 aromatic heterocycles. The van der Waals surface area contributed by atoms with Gasteiger partial charge in [0.25, 0.3) is 0 Å². The Morgan fingerprint density at radius 1 is 0.517 bits per heavy atom. The molecule has 4 aromatic carbocycles. The van der Waals surface area contributed by atoms with E-state index < -0.39 is 0 Å². The van der Waals surface area contributed by atoms with Gasteiger partial charge in [-0.15, -0.1) is 0 Å². The lowest BCUT2D eigenvalue weighted by Gasteiger charge is -2.17. The number of nitrogens with zero attached hydrogens (tertiary/aromatic N) is 2. The number of hydrogen-bond donors (Lipinski definition) is 0. The van der Waals surface area contributed by atoms with Crippen LogP contribution in [0, 0.1) is 11.6 Å². The highest BCUT2D eigenvalue weighted by Gasteiger charge is 2.24. The molecule has 0 saturated heterocycles. The zero-order chi connectivity index (χ0) is 20.1. The van der Waals surface area contributed by atoms with Crippen LogP contribution in [0.2, 0.25) is 0 Å². The van der Waals surface area contributed by atoms with Crippen LogP contribution in [0.4, 0.5) is 20.2 Å². The van der Waals surface area contributed by atoms with Crippen molar-refractivity contribution < 1.29 is 8.78 Å². The minimum Gasteiger partial charge on any atom is -0.207 e. The Bertz CT molecular complexity index is 1070. The topological polar surface area (TPSA) is 24.7 Å². The van der Waals surface area contributed by atoms with Crippen molar-refractivity contribution in [2.45, 2.75) is 0 Å². The molecule has 0 saturated carbocycles. The fourth-order valence-electron chi connectivity index (χ4n) is 3.29. The van der Waals surface area contributed by atoms with E-state index in [9.17, 15) is 8.78 Å². The van der Waals surface area contributed by atoms with E-state index in [1.165, 1.54) is 24.3 Å². The minimum atomic E-state index is -0.302. The van der Waals surface area contributed by atoms with E-state index >= 15 is 0 Å². The van der Waals surface area contributed by atoms with E-state index in [-0.39, 0.29) is 18.3 Å². The molecule has 0 radical (unpaired) electrons. The van der Waals surface area contributed by atoms with Gasteiger partial charge in [0, 0.05) is 0 Å². The van der Waals surface area contributed by atoms with Crippen LogP contribution in [-0.2, 0) is 0 Å². The van der Waals surface area contributed by atoms with Crippen LogP contribution in [0.1, 0.15) is 0 Å². The van der Waals surface area contributed by atoms with Crippen molar-refractivity contribution in [1.29, 1.82) is 0 Å². The summed E-state index contributed by atoms with van der Waals surface area (Å²) in [5.74, 6) is -0.604. The molecule has 4 aromatic rings. The van der Waals surface area contributed by atoms with Gasteiger partial charge in [-0.05, 0) is 47.9 Å². The summed E-state index contributed by atoms with van der Waals surface area (Å²) in [5, 5.41) is 8.80. The number of halogens is 2. The van der Waals surface area contributed by atoms with Crippen molar-refractivity contribution in [3.05, 3.63) is 115 Å². The van der Waals surface area contributed by atoms with Crippen molar-refractivity contribution in [3.8, 4) is 0 Å². The first-order valence-electron chi connectivity index (χ1n) is 9.27. The minimum absolute atomic E-state index is 0.234. The van der Waals surface area contributed by atoms with Crippen molar-refractivity contribution in [1.82, 2.24) is 0 Å². The first kappa shape index (κ1) is 18.8. The number of rotatable bonds is 5. The Morgan fingerprint density at radius 2 is 1.03 bits per heavy atom. The SMILES string of the molecule is Fc1ccc(B(c2ccc(F)cc2)c2ccccc2N=Nc2ccccc2)cc1. The van der Waals surface area contributed by atoms with Crippen molar-refractivity contribution in [2.24, 2.45) is 10.2 Å². The summed E-state index contributed by atoms with van der Waals surface area (Å²) in [4.78, 5) is 0. The Morgan fingerprint density at radius 3 is 1.62 bits per heavy atom. The molecule has 0 atom stereocenters. The first-order chi connectivity index (χ1) is 14.2. The average Bonchev–Trinajstić information content (AvgIpc) is 2.76. The summed E-state index contributed by atoms with van der Waals surface area (Å²) >= 11 is 0. The van der Waals surface area contributed by atoms with Gasteiger partial charge in [-0.1, -0.05) is 71.6 Å². The quantitative estimate of drug-likeness (QED) is 0.347. The lowest BCUT2D eigenvalue weighted by atomic mass is 9.36. The Kier molecular flexibility index (Phi) is 5.57. The molecule has 2 nitrogen and oxygen atoms in total. The zero-order valence-electron chi connectivity index (χ0n) is 15.5. The summed E-state index contributed by atoms with van der Waals surface area (Å²) in [5.41, 5.74) is 4.14. The van der Waals surface area contributed by atoms with E-state index in [1.54, 1.807) is 24.3 Å². The highest BCUT2D eigenvalue weighted by atomic mass is 19.1. The summed E-state index contributed by atoms with van der Waals surface area (Å²) in [6.07, 6.45) is 0. The fraction of sp³-hybridized carbons (Fsp3) is 0. The highest BCUT2D eigenvalue weighted by Crippen LogP contribution is 2.17. The number of azo groups is 1. The largest absolute Gasteiger partial charge is 0.244 e. The molecule has 0 bridgehead atoms. The lowest BCUT2D eigenvalue weighted by molar-refractivity contribution is 0.628. The second-order valence-electron chi connectivity index (χ2n) is 6.63. The normalized spacial score (nSPS) is 11.0. The van der Waals surface area contributed by atoms with E-state index in [4.69, 9.17) is 0 Å². The van der Waals surface area contributed by atoms with Crippen LogP contribution in [0.3, 0.4) is 0 Å². The first-order valence-corrected chi connectivity index (χ1v) is 9.27. The Labute approximate surface area is 168 Å². The molecule has 29 heavy (non-hydrogen) atoms. The van der Waals surface area contributed by atoms with E-state index in [0.717, 1.165) is 22.1 Å². The average molecular weight is 382 g/mol. The molecule has 0 aliphatic heterocycles. The van der Waals surface area contributed by atoms with E-state index in [2.05, 4.69) is 10.2 Å². The van der Waals surface area contributed by atoms with Crippen LogP contribution < -0.4 is 16.4 Å². The summed E-state index contributed by atoms with van der Waals surface area (Å²) in [7, 11) is 0. The molecule has 4 rings (SSSR count). The Balaban J connectivity index is 1.82. The molecule has 140 valence electrons. The summed E-state index contributed by atoms with van der Waals surface area (Å²) < 4.78 is 27.0. The molecule has 0 aliphatic rings. The second-order valence-corrected chi connectivity index (χ2v) is 6.63. The summed E-state index contributed by atoms with van der Waals surface area (Å²) in [6, 6.07) is 29.9. The molecule has 0 heterocycles. The van der Waals surface area contributed by atoms with Gasteiger partial charge in [-0.25, -0.2) is 8.78 Å². The van der Waals surface area contributed by atoms with Gasteiger partial charge in [-0.3, -0.25) is 0 Å². The second kappa shape index (κ2) is 8.61. The van der Waals surface area contributed by atoms with E-state index in [0.29, 0.717) is 5.69 Å². The smallest absolute Gasteiger partial charge is 0.207 e. The maximum atomic E-state index is 13.5. The highest BCUT2D eigenvalue weighted by molar-refractivity contribution is 6.96. The standard InChI is InChI=1S/C24H17BF2N2/c26-20-14-10-18(11-15-20)25(19-12-16-21(27)17-13-19)23-8-4-5-9-24(23)29-28-22-6-2-1-3-7-22/h1-17H. The van der Waals surface area contributed by atoms with Crippen molar-refractivity contribution in [3.63, 3.8) is 0 Å². The molecule has 0 unspecified atom stereocenters. The molecular formula is C24H17BF2N2. The summed E-state index contributed by atoms with van der Waals surface area (Å²) in [6.45, 7) is -0.234. The van der Waals surface area contributed by atoms with Gasteiger partial charge in [0.2, 0.25) is 6.71 Å². The predicted octanol–water partition coefficient (Wildman–Crippen LogP) is 4.90. The number of hydrogen-bond acceptors (Lipinski definition) is 2. The maximum absolute atomic E-state index is 13.5. The third kappa shape index (κ3) is 4.46. The lowest BCUT2D eigenvalue weighted by Crippen LogP contribution is -2.52. The third-order valence-corrected chi connectivity index (χ3v) is 4.68.